The summed E-state index contributed by atoms with van der Waals surface area (Å²) in [5.41, 5.74) is -0.397. The second-order valence-electron chi connectivity index (χ2n) is 12.3. The molecular formula is C33H64INO5. The fourth-order valence-corrected chi connectivity index (χ4v) is 5.45. The Morgan fingerprint density at radius 1 is 0.700 bits per heavy atom. The second-order valence-corrected chi connectivity index (χ2v) is 13.4. The third-order valence-electron chi connectivity index (χ3n) is 7.13. The van der Waals surface area contributed by atoms with Crippen molar-refractivity contribution >= 4 is 34.5 Å². The van der Waals surface area contributed by atoms with Crippen molar-refractivity contribution in [2.45, 2.75) is 168 Å². The molecule has 0 radical (unpaired) electrons. The van der Waals surface area contributed by atoms with Crippen LogP contribution in [-0.2, 0) is 19.1 Å². The average molecular weight is 682 g/mol. The van der Waals surface area contributed by atoms with Gasteiger partial charge in [-0.1, -0.05) is 87.3 Å². The maximum atomic E-state index is 12.4. The summed E-state index contributed by atoms with van der Waals surface area (Å²) in [6, 6.07) is 0. The van der Waals surface area contributed by atoms with E-state index in [9.17, 15) is 14.7 Å². The van der Waals surface area contributed by atoms with Gasteiger partial charge >= 0.3 is 11.9 Å². The van der Waals surface area contributed by atoms with E-state index >= 15 is 0 Å². The lowest BCUT2D eigenvalue weighted by molar-refractivity contribution is -0.155. The third kappa shape index (κ3) is 27.7. The minimum absolute atomic E-state index is 0.00523. The summed E-state index contributed by atoms with van der Waals surface area (Å²) in [7, 11) is 0. The van der Waals surface area contributed by atoms with Crippen molar-refractivity contribution in [3.8, 4) is 0 Å². The smallest absolute Gasteiger partial charge is 0.306 e. The van der Waals surface area contributed by atoms with Crippen LogP contribution < -0.4 is 0 Å². The Morgan fingerprint density at radius 3 is 1.73 bits per heavy atom. The SMILES string of the molecule is CCCCCC(CCCCCI)OC(=O)CCCCCCCN(CCO)CCCCCCCC(=O)OC(C)(C)C. The molecule has 6 nitrogen and oxygen atoms in total. The maximum absolute atomic E-state index is 12.4. The maximum Gasteiger partial charge on any atom is 0.306 e. The molecule has 0 bridgehead atoms. The number of nitrogens with zero attached hydrogens (tertiary/aromatic N) is 1. The van der Waals surface area contributed by atoms with Gasteiger partial charge in [-0.25, -0.2) is 0 Å². The fraction of sp³-hybridized carbons (Fsp3) is 0.939. The minimum Gasteiger partial charge on any atom is -0.462 e. The Hall–Kier alpha value is -0.410. The molecule has 0 amide bonds. The molecule has 0 aromatic carbocycles. The molecule has 0 saturated carbocycles. The molecule has 7 heteroatoms. The van der Waals surface area contributed by atoms with Crippen molar-refractivity contribution < 1.29 is 24.2 Å². The van der Waals surface area contributed by atoms with E-state index in [2.05, 4.69) is 34.4 Å². The normalized spacial score (nSPS) is 12.6. The Bertz CT molecular complexity index is 596. The molecule has 0 aliphatic rings. The van der Waals surface area contributed by atoms with E-state index in [1.165, 1.54) is 30.1 Å². The van der Waals surface area contributed by atoms with Gasteiger partial charge in [0.1, 0.15) is 11.7 Å². The number of aliphatic hydroxyl groups is 1. The molecule has 0 aromatic heterocycles. The molecule has 0 saturated heterocycles. The van der Waals surface area contributed by atoms with E-state index in [0.29, 0.717) is 12.8 Å². The molecule has 0 spiro atoms. The summed E-state index contributed by atoms with van der Waals surface area (Å²) < 4.78 is 12.4. The van der Waals surface area contributed by atoms with Crippen LogP contribution in [0.5, 0.6) is 0 Å². The van der Waals surface area contributed by atoms with E-state index in [1.54, 1.807) is 0 Å². The highest BCUT2D eigenvalue weighted by atomic mass is 127. The fourth-order valence-electron chi connectivity index (χ4n) is 4.91. The van der Waals surface area contributed by atoms with Gasteiger partial charge in [0.2, 0.25) is 0 Å². The summed E-state index contributed by atoms with van der Waals surface area (Å²) in [6.07, 6.45) is 21.3. The molecule has 0 aliphatic carbocycles. The summed E-state index contributed by atoms with van der Waals surface area (Å²) >= 11 is 2.43. The lowest BCUT2D eigenvalue weighted by Gasteiger charge is -2.21. The summed E-state index contributed by atoms with van der Waals surface area (Å²) in [6.45, 7) is 10.9. The van der Waals surface area contributed by atoms with Crippen molar-refractivity contribution in [3.05, 3.63) is 0 Å². The molecule has 1 atom stereocenters. The van der Waals surface area contributed by atoms with E-state index in [1.807, 2.05) is 20.8 Å². The zero-order valence-corrected chi connectivity index (χ0v) is 28.8. The predicted molar refractivity (Wildman–Crippen MR) is 176 cm³/mol. The Balaban J connectivity index is 3.91. The van der Waals surface area contributed by atoms with Crippen LogP contribution in [0.3, 0.4) is 0 Å². The van der Waals surface area contributed by atoms with Crippen LogP contribution in [0, 0.1) is 0 Å². The average Bonchev–Trinajstić information content (AvgIpc) is 2.88. The second kappa shape index (κ2) is 27.4. The highest BCUT2D eigenvalue weighted by Crippen LogP contribution is 2.17. The molecule has 0 aliphatic heterocycles. The highest BCUT2D eigenvalue weighted by molar-refractivity contribution is 14.1. The standard InChI is InChI=1S/C33H64INO5/c1-5-6-14-21-30(22-15-13-18-25-34)39-31(37)23-16-9-7-11-19-26-35(28-29-36)27-20-12-8-10-17-24-32(38)40-33(2,3)4/h30,36H,5-29H2,1-4H3. The minimum atomic E-state index is -0.397. The first-order chi connectivity index (χ1) is 19.2. The van der Waals surface area contributed by atoms with Gasteiger partial charge in [-0.15, -0.1) is 0 Å². The zero-order chi connectivity index (χ0) is 29.9. The molecule has 1 N–H and O–H groups in total. The molecule has 0 fully saturated rings. The van der Waals surface area contributed by atoms with Gasteiger partial charge in [-0.2, -0.15) is 0 Å². The van der Waals surface area contributed by atoms with Crippen LogP contribution >= 0.6 is 22.6 Å². The van der Waals surface area contributed by atoms with Crippen LogP contribution in [0.4, 0.5) is 0 Å². The van der Waals surface area contributed by atoms with Gasteiger partial charge in [-0.05, 0) is 96.1 Å². The zero-order valence-electron chi connectivity index (χ0n) is 26.7. The van der Waals surface area contributed by atoms with Crippen molar-refractivity contribution in [2.24, 2.45) is 0 Å². The molecule has 1 unspecified atom stereocenters. The number of ether oxygens (including phenoxy) is 2. The van der Waals surface area contributed by atoms with Crippen LogP contribution in [0.1, 0.15) is 156 Å². The van der Waals surface area contributed by atoms with E-state index in [-0.39, 0.29) is 24.6 Å². The number of carbonyl (C=O) groups is 2. The molecule has 238 valence electrons. The number of aliphatic hydroxyl groups excluding tert-OH is 1. The monoisotopic (exact) mass is 681 g/mol. The van der Waals surface area contributed by atoms with Crippen LogP contribution in [0.2, 0.25) is 0 Å². The topological polar surface area (TPSA) is 76.1 Å². The summed E-state index contributed by atoms with van der Waals surface area (Å²) in [4.78, 5) is 26.6. The van der Waals surface area contributed by atoms with Gasteiger partial charge < -0.3 is 19.5 Å². The van der Waals surface area contributed by atoms with Crippen LogP contribution in [0.25, 0.3) is 0 Å². The first-order valence-corrected chi connectivity index (χ1v) is 18.0. The number of unbranched alkanes of at least 4 members (excludes halogenated alkanes) is 12. The lowest BCUT2D eigenvalue weighted by atomic mass is 10.0. The number of esters is 2. The van der Waals surface area contributed by atoms with E-state index < -0.39 is 5.60 Å². The van der Waals surface area contributed by atoms with Gasteiger partial charge in [0, 0.05) is 19.4 Å². The first-order valence-electron chi connectivity index (χ1n) is 16.5. The first kappa shape index (κ1) is 39.6. The van der Waals surface area contributed by atoms with Crippen molar-refractivity contribution in [3.63, 3.8) is 0 Å². The number of hydrogen-bond donors (Lipinski definition) is 1. The molecule has 0 rings (SSSR count). The number of alkyl halides is 1. The van der Waals surface area contributed by atoms with E-state index in [0.717, 1.165) is 110 Å². The highest BCUT2D eigenvalue weighted by Gasteiger charge is 2.16. The molecule has 0 heterocycles. The van der Waals surface area contributed by atoms with Gasteiger partial charge in [0.05, 0.1) is 6.61 Å². The quantitative estimate of drug-likeness (QED) is 0.0385. The van der Waals surface area contributed by atoms with Crippen molar-refractivity contribution in [1.29, 1.82) is 0 Å². The Labute approximate surface area is 261 Å². The van der Waals surface area contributed by atoms with Crippen molar-refractivity contribution in [2.75, 3.05) is 30.7 Å². The number of hydrogen-bond acceptors (Lipinski definition) is 6. The largest absolute Gasteiger partial charge is 0.462 e. The van der Waals surface area contributed by atoms with Crippen molar-refractivity contribution in [1.82, 2.24) is 4.90 Å². The Kier molecular flexibility index (Phi) is 27.1. The summed E-state index contributed by atoms with van der Waals surface area (Å²) in [5, 5.41) is 9.43. The van der Waals surface area contributed by atoms with E-state index in [4.69, 9.17) is 9.47 Å². The predicted octanol–water partition coefficient (Wildman–Crippen LogP) is 8.79. The number of carbonyl (C=O) groups excluding carboxylic acids is 2. The molecule has 0 aromatic rings. The summed E-state index contributed by atoms with van der Waals surface area (Å²) in [5.74, 6) is -0.102. The lowest BCUT2D eigenvalue weighted by Crippen LogP contribution is -2.29. The van der Waals surface area contributed by atoms with Gasteiger partial charge in [0.15, 0.2) is 0 Å². The van der Waals surface area contributed by atoms with Crippen LogP contribution in [0.15, 0.2) is 0 Å². The number of halogens is 1. The van der Waals surface area contributed by atoms with Gasteiger partial charge in [-0.3, -0.25) is 9.59 Å². The van der Waals surface area contributed by atoms with Gasteiger partial charge in [0.25, 0.3) is 0 Å². The molecular weight excluding hydrogens is 617 g/mol. The van der Waals surface area contributed by atoms with Crippen LogP contribution in [-0.4, -0.2) is 64.3 Å². The molecule has 40 heavy (non-hydrogen) atoms. The number of rotatable bonds is 28. The Morgan fingerprint density at radius 2 is 1.20 bits per heavy atom. The third-order valence-corrected chi connectivity index (χ3v) is 7.90.